The Labute approximate surface area is 123 Å². The first-order chi connectivity index (χ1) is 9.74. The van der Waals surface area contributed by atoms with Gasteiger partial charge in [0.25, 0.3) is 0 Å². The molecule has 0 amide bonds. The van der Waals surface area contributed by atoms with Crippen molar-refractivity contribution in [3.63, 3.8) is 0 Å². The van der Waals surface area contributed by atoms with E-state index in [4.69, 9.17) is 4.74 Å². The molecule has 108 valence electrons. The number of phenols is 1. The summed E-state index contributed by atoms with van der Waals surface area (Å²) in [5, 5.41) is 13.9. The number of hydrogen-bond donors (Lipinski definition) is 2. The van der Waals surface area contributed by atoms with Crippen molar-refractivity contribution in [2.24, 2.45) is 0 Å². The Hall–Kier alpha value is -1.43. The molecule has 0 radical (unpaired) electrons. The SMILES string of the molecule is CCCNCc1sc(-c2cccc(O)c2)nc1COC. The van der Waals surface area contributed by atoms with E-state index in [2.05, 4.69) is 17.2 Å². The van der Waals surface area contributed by atoms with Crippen LogP contribution in [-0.4, -0.2) is 23.7 Å². The molecule has 0 saturated heterocycles. The quantitative estimate of drug-likeness (QED) is 0.770. The minimum Gasteiger partial charge on any atom is -0.508 e. The largest absolute Gasteiger partial charge is 0.508 e. The molecule has 5 heteroatoms. The van der Waals surface area contributed by atoms with Crippen molar-refractivity contribution in [1.29, 1.82) is 0 Å². The highest BCUT2D eigenvalue weighted by Gasteiger charge is 2.12. The third-order valence-electron chi connectivity index (χ3n) is 2.86. The molecule has 0 bridgehead atoms. The molecule has 1 heterocycles. The third kappa shape index (κ3) is 3.79. The van der Waals surface area contributed by atoms with Crippen LogP contribution in [0.5, 0.6) is 5.75 Å². The number of ether oxygens (including phenoxy) is 1. The van der Waals surface area contributed by atoms with Gasteiger partial charge in [-0.2, -0.15) is 0 Å². The van der Waals surface area contributed by atoms with E-state index in [0.29, 0.717) is 6.61 Å². The fourth-order valence-electron chi connectivity index (χ4n) is 1.91. The molecule has 2 rings (SSSR count). The lowest BCUT2D eigenvalue weighted by Gasteiger charge is -2.02. The van der Waals surface area contributed by atoms with Crippen molar-refractivity contribution in [3.8, 4) is 16.3 Å². The van der Waals surface area contributed by atoms with E-state index < -0.39 is 0 Å². The first-order valence-corrected chi connectivity index (χ1v) is 7.54. The van der Waals surface area contributed by atoms with Gasteiger partial charge in [-0.15, -0.1) is 11.3 Å². The Bertz CT molecular complexity index is 555. The summed E-state index contributed by atoms with van der Waals surface area (Å²) >= 11 is 1.65. The summed E-state index contributed by atoms with van der Waals surface area (Å²) in [5.74, 6) is 0.261. The van der Waals surface area contributed by atoms with Crippen molar-refractivity contribution in [1.82, 2.24) is 10.3 Å². The summed E-state index contributed by atoms with van der Waals surface area (Å²) in [6.45, 7) is 4.46. The zero-order valence-corrected chi connectivity index (χ0v) is 12.7. The van der Waals surface area contributed by atoms with Crippen LogP contribution in [0.2, 0.25) is 0 Å². The van der Waals surface area contributed by atoms with E-state index in [1.54, 1.807) is 30.6 Å². The van der Waals surface area contributed by atoms with Crippen LogP contribution >= 0.6 is 11.3 Å². The van der Waals surface area contributed by atoms with Gasteiger partial charge in [0.15, 0.2) is 0 Å². The summed E-state index contributed by atoms with van der Waals surface area (Å²) < 4.78 is 5.21. The van der Waals surface area contributed by atoms with E-state index in [1.165, 1.54) is 4.88 Å². The first-order valence-electron chi connectivity index (χ1n) is 6.72. The van der Waals surface area contributed by atoms with Gasteiger partial charge < -0.3 is 15.2 Å². The molecule has 0 spiro atoms. The first kappa shape index (κ1) is 15.0. The fraction of sp³-hybridized carbons (Fsp3) is 0.400. The Kier molecular flexibility index (Phi) is 5.52. The van der Waals surface area contributed by atoms with Crippen LogP contribution in [0.4, 0.5) is 0 Å². The Morgan fingerprint density at radius 1 is 1.40 bits per heavy atom. The summed E-state index contributed by atoms with van der Waals surface area (Å²) in [6, 6.07) is 7.19. The van der Waals surface area contributed by atoms with Crippen molar-refractivity contribution in [2.45, 2.75) is 26.5 Å². The number of thiazole rings is 1. The molecule has 0 aliphatic carbocycles. The lowest BCUT2D eigenvalue weighted by Crippen LogP contribution is -2.14. The molecular weight excluding hydrogens is 272 g/mol. The normalized spacial score (nSPS) is 10.9. The van der Waals surface area contributed by atoms with Crippen LogP contribution in [0.1, 0.15) is 23.9 Å². The zero-order valence-electron chi connectivity index (χ0n) is 11.8. The summed E-state index contributed by atoms with van der Waals surface area (Å²) in [5.41, 5.74) is 1.91. The van der Waals surface area contributed by atoms with E-state index in [0.717, 1.165) is 35.8 Å². The minimum absolute atomic E-state index is 0.261. The minimum atomic E-state index is 0.261. The van der Waals surface area contributed by atoms with Gasteiger partial charge in [-0.25, -0.2) is 4.98 Å². The summed E-state index contributed by atoms with van der Waals surface area (Å²) in [7, 11) is 1.68. The van der Waals surface area contributed by atoms with Crippen molar-refractivity contribution >= 4 is 11.3 Å². The molecule has 0 unspecified atom stereocenters. The average Bonchev–Trinajstić information content (AvgIpc) is 2.83. The molecule has 0 saturated carbocycles. The average molecular weight is 292 g/mol. The van der Waals surface area contributed by atoms with Crippen molar-refractivity contribution in [2.75, 3.05) is 13.7 Å². The van der Waals surface area contributed by atoms with Crippen LogP contribution in [0.3, 0.4) is 0 Å². The number of rotatable bonds is 7. The predicted molar refractivity (Wildman–Crippen MR) is 81.9 cm³/mol. The van der Waals surface area contributed by atoms with Gasteiger partial charge in [0.2, 0.25) is 0 Å². The van der Waals surface area contributed by atoms with Crippen LogP contribution in [0.25, 0.3) is 10.6 Å². The lowest BCUT2D eigenvalue weighted by molar-refractivity contribution is 0.181. The molecule has 1 aromatic heterocycles. The molecular formula is C15H20N2O2S. The van der Waals surface area contributed by atoms with Gasteiger partial charge in [-0.3, -0.25) is 0 Å². The van der Waals surface area contributed by atoms with E-state index >= 15 is 0 Å². The lowest BCUT2D eigenvalue weighted by atomic mass is 10.2. The predicted octanol–water partition coefficient (Wildman–Crippen LogP) is 3.16. The number of benzene rings is 1. The fourth-order valence-corrected chi connectivity index (χ4v) is 2.94. The number of nitrogens with zero attached hydrogens (tertiary/aromatic N) is 1. The zero-order chi connectivity index (χ0) is 14.4. The second kappa shape index (κ2) is 7.38. The van der Waals surface area contributed by atoms with Crippen molar-refractivity contribution in [3.05, 3.63) is 34.8 Å². The number of aromatic nitrogens is 1. The molecule has 1 aromatic carbocycles. The van der Waals surface area contributed by atoms with Crippen LogP contribution in [0.15, 0.2) is 24.3 Å². The van der Waals surface area contributed by atoms with Crippen LogP contribution < -0.4 is 5.32 Å². The second-order valence-corrected chi connectivity index (χ2v) is 5.63. The van der Waals surface area contributed by atoms with Gasteiger partial charge in [-0.1, -0.05) is 19.1 Å². The van der Waals surface area contributed by atoms with Gasteiger partial charge in [0.05, 0.1) is 12.3 Å². The smallest absolute Gasteiger partial charge is 0.124 e. The summed E-state index contributed by atoms with van der Waals surface area (Å²) in [6.07, 6.45) is 1.11. The maximum Gasteiger partial charge on any atom is 0.124 e. The second-order valence-electron chi connectivity index (χ2n) is 4.55. The van der Waals surface area contributed by atoms with Crippen LogP contribution in [-0.2, 0) is 17.9 Å². The highest BCUT2D eigenvalue weighted by Crippen LogP contribution is 2.30. The number of methoxy groups -OCH3 is 1. The molecule has 2 N–H and O–H groups in total. The number of phenolic OH excluding ortho intramolecular Hbond substituents is 1. The van der Waals surface area contributed by atoms with Gasteiger partial charge in [0, 0.05) is 24.1 Å². The van der Waals surface area contributed by atoms with Gasteiger partial charge >= 0.3 is 0 Å². The van der Waals surface area contributed by atoms with Crippen molar-refractivity contribution < 1.29 is 9.84 Å². The Morgan fingerprint density at radius 2 is 2.25 bits per heavy atom. The molecule has 2 aromatic rings. The molecule has 20 heavy (non-hydrogen) atoms. The van der Waals surface area contributed by atoms with Gasteiger partial charge in [-0.05, 0) is 25.1 Å². The number of hydrogen-bond acceptors (Lipinski definition) is 5. The highest BCUT2D eigenvalue weighted by molar-refractivity contribution is 7.15. The maximum absolute atomic E-state index is 9.57. The topological polar surface area (TPSA) is 54.4 Å². The molecule has 4 nitrogen and oxygen atoms in total. The monoisotopic (exact) mass is 292 g/mol. The molecule has 0 aliphatic heterocycles. The standard InChI is InChI=1S/C15H20N2O2S/c1-3-7-16-9-14-13(10-19-2)17-15(20-14)11-5-4-6-12(18)8-11/h4-6,8,16,18H,3,7,9-10H2,1-2H3. The number of aromatic hydroxyl groups is 1. The number of nitrogens with one attached hydrogen (secondary N) is 1. The highest BCUT2D eigenvalue weighted by atomic mass is 32.1. The Morgan fingerprint density at radius 3 is 2.95 bits per heavy atom. The van der Waals surface area contributed by atoms with E-state index in [9.17, 15) is 5.11 Å². The van der Waals surface area contributed by atoms with Gasteiger partial charge in [0.1, 0.15) is 10.8 Å². The van der Waals surface area contributed by atoms with Crippen LogP contribution in [0, 0.1) is 0 Å². The molecule has 0 atom stereocenters. The third-order valence-corrected chi connectivity index (χ3v) is 4.01. The Balaban J connectivity index is 2.23. The van der Waals surface area contributed by atoms with E-state index in [-0.39, 0.29) is 5.75 Å². The molecule has 0 fully saturated rings. The maximum atomic E-state index is 9.57. The van der Waals surface area contributed by atoms with E-state index in [1.807, 2.05) is 12.1 Å². The summed E-state index contributed by atoms with van der Waals surface area (Å²) in [4.78, 5) is 5.83. The molecule has 0 aliphatic rings.